The number of amides is 1. The van der Waals surface area contributed by atoms with Crippen LogP contribution < -0.4 is 22.5 Å². The maximum absolute atomic E-state index is 11.8. The van der Waals surface area contributed by atoms with E-state index in [0.717, 1.165) is 16.7 Å². The molecule has 0 atom stereocenters. The van der Waals surface area contributed by atoms with Crippen LogP contribution in [0.4, 0.5) is 0 Å². The van der Waals surface area contributed by atoms with Crippen molar-refractivity contribution in [3.63, 3.8) is 0 Å². The van der Waals surface area contributed by atoms with Gasteiger partial charge in [-0.2, -0.15) is 0 Å². The van der Waals surface area contributed by atoms with Gasteiger partial charge in [0.1, 0.15) is 12.4 Å². The Morgan fingerprint density at radius 2 is 1.85 bits per heavy atom. The van der Waals surface area contributed by atoms with Crippen LogP contribution in [0.15, 0.2) is 36.7 Å². The van der Waals surface area contributed by atoms with Crippen molar-refractivity contribution in [2.45, 2.75) is 20.8 Å². The number of nitrogens with zero attached hydrogens (tertiary/aromatic N) is 1. The Bertz CT molecular complexity index is 727. The predicted octanol–water partition coefficient (Wildman–Crippen LogP) is -0.637. The molecule has 0 saturated heterocycles. The lowest BCUT2D eigenvalue weighted by Crippen LogP contribution is -3.00. The smallest absolute Gasteiger partial charge is 0.344 e. The third-order valence-corrected chi connectivity index (χ3v) is 3.51. The molecule has 140 valence electrons. The fourth-order valence-electron chi connectivity index (χ4n) is 2.50. The van der Waals surface area contributed by atoms with E-state index in [1.807, 2.05) is 32.9 Å². The number of benzene rings is 1. The van der Waals surface area contributed by atoms with Crippen molar-refractivity contribution < 1.29 is 31.5 Å². The molecule has 0 bridgehead atoms. The number of carbonyl (C=O) groups excluding carboxylic acids is 2. The van der Waals surface area contributed by atoms with Gasteiger partial charge in [-0.25, -0.2) is 4.79 Å². The fraction of sp³-hybridized carbons (Fsp3) is 0.316. The molecule has 26 heavy (non-hydrogen) atoms. The van der Waals surface area contributed by atoms with E-state index in [1.54, 1.807) is 18.3 Å². The number of hydrogen-bond donors (Lipinski definition) is 1. The zero-order valence-electron chi connectivity index (χ0n) is 15.0. The van der Waals surface area contributed by atoms with Crippen molar-refractivity contribution in [1.82, 2.24) is 10.3 Å². The monoisotopic (exact) mass is 377 g/mol. The summed E-state index contributed by atoms with van der Waals surface area (Å²) in [7, 11) is 0. The van der Waals surface area contributed by atoms with Crippen LogP contribution in [0.25, 0.3) is 0 Å². The second-order valence-electron chi connectivity index (χ2n) is 5.73. The number of nitrogens with one attached hydrogen (secondary N) is 1. The van der Waals surface area contributed by atoms with E-state index >= 15 is 0 Å². The third-order valence-electron chi connectivity index (χ3n) is 3.51. The third kappa shape index (κ3) is 6.37. The minimum Gasteiger partial charge on any atom is -1.00 e. The summed E-state index contributed by atoms with van der Waals surface area (Å²) in [5, 5.41) is 2.66. The second-order valence-corrected chi connectivity index (χ2v) is 5.73. The molecule has 0 unspecified atom stereocenters. The molecule has 7 heteroatoms. The summed E-state index contributed by atoms with van der Waals surface area (Å²) in [6, 6.07) is 7.35. The van der Waals surface area contributed by atoms with Crippen molar-refractivity contribution in [3.8, 4) is 5.75 Å². The molecule has 1 amide bonds. The summed E-state index contributed by atoms with van der Waals surface area (Å²) in [6.45, 7) is 6.03. The summed E-state index contributed by atoms with van der Waals surface area (Å²) in [6.07, 6.45) is 3.07. The number of esters is 1. The zero-order valence-corrected chi connectivity index (χ0v) is 15.8. The highest BCUT2D eigenvalue weighted by atomic mass is 35.5. The molecule has 0 saturated carbocycles. The summed E-state index contributed by atoms with van der Waals surface area (Å²) in [5.41, 5.74) is 3.57. The Balaban J connectivity index is 0.00000338. The summed E-state index contributed by atoms with van der Waals surface area (Å²) in [4.78, 5) is 27.4. The van der Waals surface area contributed by atoms with Crippen molar-refractivity contribution in [3.05, 3.63) is 58.9 Å². The van der Waals surface area contributed by atoms with Gasteiger partial charge < -0.3 is 27.2 Å². The number of aromatic nitrogens is 1. The first-order valence-electron chi connectivity index (χ1n) is 8.02. The average molecular weight is 378 g/mol. The first-order valence-corrected chi connectivity index (χ1v) is 8.02. The summed E-state index contributed by atoms with van der Waals surface area (Å²) >= 11 is 0. The van der Waals surface area contributed by atoms with Gasteiger partial charge in [-0.15, -0.1) is 0 Å². The number of rotatable bonds is 7. The van der Waals surface area contributed by atoms with E-state index in [4.69, 9.17) is 9.47 Å². The largest absolute Gasteiger partial charge is 1.00 e. The van der Waals surface area contributed by atoms with Gasteiger partial charge in [-0.1, -0.05) is 17.7 Å². The molecule has 0 spiro atoms. The predicted molar refractivity (Wildman–Crippen MR) is 93.7 cm³/mol. The lowest BCUT2D eigenvalue weighted by Gasteiger charge is -2.13. The molecule has 0 aliphatic carbocycles. The molecule has 0 radical (unpaired) electrons. The maximum Gasteiger partial charge on any atom is 0.344 e. The minimum absolute atomic E-state index is 0. The molecular weight excluding hydrogens is 356 g/mol. The van der Waals surface area contributed by atoms with Gasteiger partial charge in [0.15, 0.2) is 6.61 Å². The summed E-state index contributed by atoms with van der Waals surface area (Å²) in [5.74, 6) is -0.0336. The van der Waals surface area contributed by atoms with Crippen LogP contribution in [0.1, 0.15) is 27.0 Å². The number of halogens is 1. The Labute approximate surface area is 159 Å². The Morgan fingerprint density at radius 1 is 1.15 bits per heavy atom. The number of aryl methyl sites for hydroxylation is 3. The van der Waals surface area contributed by atoms with Gasteiger partial charge in [0.25, 0.3) is 5.91 Å². The summed E-state index contributed by atoms with van der Waals surface area (Å²) < 4.78 is 10.6. The quantitative estimate of drug-likeness (QED) is 0.513. The molecule has 1 aromatic carbocycles. The highest BCUT2D eigenvalue weighted by molar-refractivity contribution is 5.93. The number of pyridine rings is 1. The van der Waals surface area contributed by atoms with E-state index in [9.17, 15) is 9.59 Å². The molecule has 0 aliphatic heterocycles. The van der Waals surface area contributed by atoms with Gasteiger partial charge >= 0.3 is 5.97 Å². The Morgan fingerprint density at radius 3 is 2.46 bits per heavy atom. The SMILES string of the molecule is Cc1cc(C)c(OCC(=O)OCCNC(=O)c2cccnc2)c(C)c1.[Cl-]. The van der Waals surface area contributed by atoms with Crippen molar-refractivity contribution in [1.29, 1.82) is 0 Å². The second kappa shape index (κ2) is 10.4. The lowest BCUT2D eigenvalue weighted by molar-refractivity contribution is -0.145. The van der Waals surface area contributed by atoms with E-state index in [1.165, 1.54) is 6.20 Å². The normalized spacial score (nSPS) is 9.81. The van der Waals surface area contributed by atoms with E-state index in [0.29, 0.717) is 11.3 Å². The minimum atomic E-state index is -0.477. The topological polar surface area (TPSA) is 77.5 Å². The number of hydrogen-bond acceptors (Lipinski definition) is 5. The van der Waals surface area contributed by atoms with Crippen LogP contribution >= 0.6 is 0 Å². The molecular formula is C19H22ClN2O4-. The average Bonchev–Trinajstić information content (AvgIpc) is 2.58. The van der Waals surface area contributed by atoms with Gasteiger partial charge in [-0.05, 0) is 44.0 Å². The van der Waals surface area contributed by atoms with Gasteiger partial charge in [0.05, 0.1) is 12.1 Å². The van der Waals surface area contributed by atoms with Crippen molar-refractivity contribution >= 4 is 11.9 Å². The standard InChI is InChI=1S/C19H22N2O4.ClH/c1-13-9-14(2)18(15(3)10-13)25-12-17(22)24-8-7-21-19(23)16-5-4-6-20-11-16;/h4-6,9-11H,7-8,12H2,1-3H3,(H,21,23);1H/p-1. The van der Waals surface area contributed by atoms with E-state index in [2.05, 4.69) is 10.3 Å². The maximum atomic E-state index is 11.8. The zero-order chi connectivity index (χ0) is 18.2. The fourth-order valence-corrected chi connectivity index (χ4v) is 2.50. The van der Waals surface area contributed by atoms with Crippen LogP contribution in [0.2, 0.25) is 0 Å². The van der Waals surface area contributed by atoms with Crippen molar-refractivity contribution in [2.24, 2.45) is 0 Å². The van der Waals surface area contributed by atoms with Gasteiger partial charge in [0.2, 0.25) is 0 Å². The van der Waals surface area contributed by atoms with Crippen LogP contribution in [-0.2, 0) is 9.53 Å². The lowest BCUT2D eigenvalue weighted by atomic mass is 10.1. The molecule has 1 N–H and O–H groups in total. The molecule has 0 fully saturated rings. The molecule has 1 aromatic heterocycles. The van der Waals surface area contributed by atoms with E-state index < -0.39 is 5.97 Å². The highest BCUT2D eigenvalue weighted by Gasteiger charge is 2.10. The molecule has 0 aliphatic rings. The molecule has 2 aromatic rings. The first-order chi connectivity index (χ1) is 12.0. The molecule has 2 rings (SSSR count). The van der Waals surface area contributed by atoms with E-state index in [-0.39, 0.29) is 38.1 Å². The molecule has 6 nitrogen and oxygen atoms in total. The van der Waals surface area contributed by atoms with Gasteiger partial charge in [0, 0.05) is 12.4 Å². The van der Waals surface area contributed by atoms with Crippen LogP contribution in [-0.4, -0.2) is 36.6 Å². The Kier molecular flexibility index (Phi) is 8.58. The van der Waals surface area contributed by atoms with Crippen LogP contribution in [0.5, 0.6) is 5.75 Å². The highest BCUT2D eigenvalue weighted by Crippen LogP contribution is 2.24. The van der Waals surface area contributed by atoms with Crippen LogP contribution in [0, 0.1) is 20.8 Å². The first kappa shape index (κ1) is 21.4. The van der Waals surface area contributed by atoms with Crippen LogP contribution in [0.3, 0.4) is 0 Å². The number of ether oxygens (including phenoxy) is 2. The van der Waals surface area contributed by atoms with Crippen molar-refractivity contribution in [2.75, 3.05) is 19.8 Å². The van der Waals surface area contributed by atoms with Gasteiger partial charge in [-0.3, -0.25) is 9.78 Å². The molecule has 1 heterocycles. The number of carbonyl (C=O) groups is 2. The Hall–Kier alpha value is -2.60.